The lowest BCUT2D eigenvalue weighted by Gasteiger charge is -2.11. The fourth-order valence-corrected chi connectivity index (χ4v) is 3.40. The average Bonchev–Trinajstić information content (AvgIpc) is 3.12. The van der Waals surface area contributed by atoms with Crippen molar-refractivity contribution in [3.8, 4) is 0 Å². The molecule has 1 heterocycles. The van der Waals surface area contributed by atoms with Crippen LogP contribution in [0.5, 0.6) is 0 Å². The molecule has 0 saturated heterocycles. The number of hydrogen-bond acceptors (Lipinski definition) is 4. The molecule has 1 amide bonds. The number of rotatable bonds is 6. The molecule has 1 aromatic heterocycles. The van der Waals surface area contributed by atoms with E-state index < -0.39 is 21.7 Å². The molecule has 0 fully saturated rings. The normalized spacial score (nSPS) is 11.3. The van der Waals surface area contributed by atoms with Gasteiger partial charge in [-0.2, -0.15) is 0 Å². The molecule has 0 unspecified atom stereocenters. The van der Waals surface area contributed by atoms with Crippen LogP contribution in [0.3, 0.4) is 0 Å². The Kier molecular flexibility index (Phi) is 5.67. The summed E-state index contributed by atoms with van der Waals surface area (Å²) in [6.07, 6.45) is 1.75. The Morgan fingerprint density at radius 2 is 1.69 bits per heavy atom. The standard InChI is InChI=1S/C21H21N3O4S/c1-14-5-6-16(12-15(14)2)13-24-11-3-4-19(24)20(25)21(26)23-17-7-9-18(10-8-17)29(22,27)28/h3-12H,13H2,1-2H3,(H,23,26)(H2,22,27,28). The van der Waals surface area contributed by atoms with E-state index in [1.807, 2.05) is 26.0 Å². The van der Waals surface area contributed by atoms with Gasteiger partial charge in [-0.15, -0.1) is 0 Å². The Morgan fingerprint density at radius 1 is 1.00 bits per heavy atom. The first-order valence-corrected chi connectivity index (χ1v) is 10.4. The molecule has 0 aliphatic rings. The highest BCUT2D eigenvalue weighted by Crippen LogP contribution is 2.15. The van der Waals surface area contributed by atoms with E-state index in [1.165, 1.54) is 29.8 Å². The molecule has 2 aromatic carbocycles. The molecular weight excluding hydrogens is 390 g/mol. The van der Waals surface area contributed by atoms with Crippen molar-refractivity contribution in [2.24, 2.45) is 5.14 Å². The fourth-order valence-electron chi connectivity index (χ4n) is 2.89. The zero-order chi connectivity index (χ0) is 21.2. The van der Waals surface area contributed by atoms with Crippen LogP contribution in [0.25, 0.3) is 0 Å². The second-order valence-electron chi connectivity index (χ2n) is 6.79. The fraction of sp³-hybridized carbons (Fsp3) is 0.143. The number of anilines is 1. The third kappa shape index (κ3) is 4.79. The van der Waals surface area contributed by atoms with Crippen molar-refractivity contribution in [3.63, 3.8) is 0 Å². The highest BCUT2D eigenvalue weighted by molar-refractivity contribution is 7.89. The number of carbonyl (C=O) groups is 2. The van der Waals surface area contributed by atoms with Crippen molar-refractivity contribution in [1.82, 2.24) is 4.57 Å². The molecular formula is C21H21N3O4S. The molecule has 0 saturated carbocycles. The average molecular weight is 411 g/mol. The summed E-state index contributed by atoms with van der Waals surface area (Å²) in [6.45, 7) is 4.52. The first kappa shape index (κ1) is 20.5. The Balaban J connectivity index is 1.74. The van der Waals surface area contributed by atoms with Crippen molar-refractivity contribution in [2.45, 2.75) is 25.3 Å². The molecule has 0 bridgehead atoms. The number of nitrogens with one attached hydrogen (secondary N) is 1. The van der Waals surface area contributed by atoms with Gasteiger partial charge in [0.1, 0.15) is 0 Å². The smallest absolute Gasteiger partial charge is 0.298 e. The van der Waals surface area contributed by atoms with Crippen LogP contribution in [0.4, 0.5) is 5.69 Å². The van der Waals surface area contributed by atoms with Gasteiger partial charge in [0.05, 0.1) is 10.6 Å². The van der Waals surface area contributed by atoms with Crippen molar-refractivity contribution in [3.05, 3.63) is 83.2 Å². The second kappa shape index (κ2) is 8.02. The Hall–Kier alpha value is -3.23. The van der Waals surface area contributed by atoms with E-state index in [4.69, 9.17) is 5.14 Å². The largest absolute Gasteiger partial charge is 0.340 e. The van der Waals surface area contributed by atoms with Crippen LogP contribution < -0.4 is 10.5 Å². The van der Waals surface area contributed by atoms with Crippen molar-refractivity contribution < 1.29 is 18.0 Å². The summed E-state index contributed by atoms with van der Waals surface area (Å²) in [5.41, 5.74) is 3.93. The minimum absolute atomic E-state index is 0.0795. The minimum atomic E-state index is -3.82. The molecule has 8 heteroatoms. The van der Waals surface area contributed by atoms with Gasteiger partial charge in [-0.1, -0.05) is 18.2 Å². The van der Waals surface area contributed by atoms with Gasteiger partial charge < -0.3 is 9.88 Å². The third-order valence-corrected chi connectivity index (χ3v) is 5.56. The summed E-state index contributed by atoms with van der Waals surface area (Å²) in [5, 5.41) is 7.52. The Morgan fingerprint density at radius 3 is 2.31 bits per heavy atom. The number of sulfonamides is 1. The predicted octanol–water partition coefficient (Wildman–Crippen LogP) is 2.62. The Bertz CT molecular complexity index is 1180. The summed E-state index contributed by atoms with van der Waals surface area (Å²) in [4.78, 5) is 24.9. The van der Waals surface area contributed by atoms with Gasteiger partial charge in [0, 0.05) is 18.4 Å². The van der Waals surface area contributed by atoms with Gasteiger partial charge in [-0.25, -0.2) is 13.6 Å². The molecule has 29 heavy (non-hydrogen) atoms. The predicted molar refractivity (Wildman–Crippen MR) is 110 cm³/mol. The van der Waals surface area contributed by atoms with Crippen LogP contribution >= 0.6 is 0 Å². The lowest BCUT2D eigenvalue weighted by Crippen LogP contribution is -2.25. The lowest BCUT2D eigenvalue weighted by molar-refractivity contribution is -0.112. The minimum Gasteiger partial charge on any atom is -0.340 e. The summed E-state index contributed by atoms with van der Waals surface area (Å²) < 4.78 is 24.3. The molecule has 3 rings (SSSR count). The van der Waals surface area contributed by atoms with Crippen LogP contribution in [-0.2, 0) is 21.4 Å². The number of nitrogens with zero attached hydrogens (tertiary/aromatic N) is 1. The molecule has 0 aliphatic heterocycles. The SMILES string of the molecule is Cc1ccc(Cn2cccc2C(=O)C(=O)Nc2ccc(S(N)(=O)=O)cc2)cc1C. The van der Waals surface area contributed by atoms with Crippen molar-refractivity contribution >= 4 is 27.4 Å². The second-order valence-corrected chi connectivity index (χ2v) is 8.35. The van der Waals surface area contributed by atoms with Crippen molar-refractivity contribution in [1.29, 1.82) is 0 Å². The Labute approximate surface area is 169 Å². The lowest BCUT2D eigenvalue weighted by atomic mass is 10.1. The van der Waals surface area contributed by atoms with E-state index in [0.29, 0.717) is 12.2 Å². The van der Waals surface area contributed by atoms with Crippen molar-refractivity contribution in [2.75, 3.05) is 5.32 Å². The first-order chi connectivity index (χ1) is 13.6. The number of ketones is 1. The van der Waals surface area contributed by atoms with E-state index in [9.17, 15) is 18.0 Å². The molecule has 7 nitrogen and oxygen atoms in total. The monoisotopic (exact) mass is 411 g/mol. The zero-order valence-corrected chi connectivity index (χ0v) is 16.9. The number of primary sulfonamides is 1. The third-order valence-electron chi connectivity index (χ3n) is 4.63. The van der Waals surface area contributed by atoms with E-state index in [-0.39, 0.29) is 10.6 Å². The summed E-state index contributed by atoms with van der Waals surface area (Å²) >= 11 is 0. The highest BCUT2D eigenvalue weighted by Gasteiger charge is 2.20. The number of hydrogen-bond donors (Lipinski definition) is 2. The van der Waals surface area contributed by atoms with Crippen LogP contribution in [0.1, 0.15) is 27.2 Å². The number of aryl methyl sites for hydroxylation is 2. The zero-order valence-electron chi connectivity index (χ0n) is 16.0. The van der Waals surface area contributed by atoms with E-state index >= 15 is 0 Å². The molecule has 3 aromatic rings. The van der Waals surface area contributed by atoms with Crippen LogP contribution in [0.2, 0.25) is 0 Å². The van der Waals surface area contributed by atoms with Crippen LogP contribution in [-0.4, -0.2) is 24.7 Å². The number of Topliss-reactive ketones (excluding diaryl/α,β-unsaturated/α-hetero) is 1. The molecule has 0 radical (unpaired) electrons. The first-order valence-electron chi connectivity index (χ1n) is 8.85. The van der Waals surface area contributed by atoms with Gasteiger partial charge >= 0.3 is 0 Å². The summed E-state index contributed by atoms with van der Waals surface area (Å²) in [6, 6.07) is 14.6. The van der Waals surface area contributed by atoms with Gasteiger partial charge in [-0.05, 0) is 66.9 Å². The van der Waals surface area contributed by atoms with Gasteiger partial charge in [0.2, 0.25) is 10.0 Å². The molecule has 0 spiro atoms. The van der Waals surface area contributed by atoms with Gasteiger partial charge in [0.25, 0.3) is 11.7 Å². The summed E-state index contributed by atoms with van der Waals surface area (Å²) in [5.74, 6) is -1.50. The molecule has 0 atom stereocenters. The number of nitrogens with two attached hydrogens (primary N) is 1. The van der Waals surface area contributed by atoms with E-state index in [0.717, 1.165) is 11.1 Å². The summed E-state index contributed by atoms with van der Waals surface area (Å²) in [7, 11) is -3.82. The maximum Gasteiger partial charge on any atom is 0.298 e. The topological polar surface area (TPSA) is 111 Å². The molecule has 150 valence electrons. The highest BCUT2D eigenvalue weighted by atomic mass is 32.2. The number of aromatic nitrogens is 1. The van der Waals surface area contributed by atoms with Crippen LogP contribution in [0.15, 0.2) is 65.7 Å². The van der Waals surface area contributed by atoms with Gasteiger partial charge in [0.15, 0.2) is 0 Å². The quantitative estimate of drug-likeness (QED) is 0.480. The van der Waals surface area contributed by atoms with E-state index in [2.05, 4.69) is 11.4 Å². The molecule has 0 aliphatic carbocycles. The molecule has 3 N–H and O–H groups in total. The van der Waals surface area contributed by atoms with E-state index in [1.54, 1.807) is 22.9 Å². The maximum absolute atomic E-state index is 12.6. The number of amides is 1. The number of carbonyl (C=O) groups excluding carboxylic acids is 2. The number of benzene rings is 2. The van der Waals surface area contributed by atoms with Crippen LogP contribution in [0, 0.1) is 13.8 Å². The maximum atomic E-state index is 12.6. The van der Waals surface area contributed by atoms with Gasteiger partial charge in [-0.3, -0.25) is 9.59 Å².